The van der Waals surface area contributed by atoms with Crippen molar-refractivity contribution in [3.05, 3.63) is 83.4 Å². The van der Waals surface area contributed by atoms with Crippen molar-refractivity contribution >= 4 is 33.3 Å². The molecule has 3 aromatic carbocycles. The number of hydrogen-bond donors (Lipinski definition) is 2. The largest absolute Gasteiger partial charge is 0.478 e. The third kappa shape index (κ3) is 4.58. The molecule has 2 N–H and O–H groups in total. The van der Waals surface area contributed by atoms with Crippen molar-refractivity contribution in [2.75, 3.05) is 4.72 Å². The predicted molar refractivity (Wildman–Crippen MR) is 102 cm³/mol. The highest BCUT2D eigenvalue weighted by atomic mass is 35.5. The highest BCUT2D eigenvalue weighted by molar-refractivity contribution is 7.92. The van der Waals surface area contributed by atoms with E-state index in [1.54, 1.807) is 24.3 Å². The Morgan fingerprint density at radius 1 is 0.926 bits per heavy atom. The first-order valence-electron chi connectivity index (χ1n) is 7.74. The molecule has 0 aliphatic carbocycles. The summed E-state index contributed by atoms with van der Waals surface area (Å²) in [5, 5.41) is 9.32. The fourth-order valence-electron chi connectivity index (χ4n) is 2.24. The minimum Gasteiger partial charge on any atom is -0.478 e. The fourth-order valence-corrected chi connectivity index (χ4v) is 3.47. The van der Waals surface area contributed by atoms with Gasteiger partial charge in [-0.15, -0.1) is 0 Å². The summed E-state index contributed by atoms with van der Waals surface area (Å²) in [4.78, 5) is 10.9. The predicted octanol–water partition coefficient (Wildman–Crippen LogP) is 4.63. The Morgan fingerprint density at radius 3 is 2.15 bits per heavy atom. The Hall–Kier alpha value is -3.03. The third-order valence-corrected chi connectivity index (χ3v) is 5.29. The van der Waals surface area contributed by atoms with Gasteiger partial charge in [0.25, 0.3) is 10.0 Å². The number of benzene rings is 3. The van der Waals surface area contributed by atoms with Gasteiger partial charge in [-0.05, 0) is 60.7 Å². The number of ether oxygens (including phenoxy) is 1. The topological polar surface area (TPSA) is 92.7 Å². The van der Waals surface area contributed by atoms with E-state index in [9.17, 15) is 13.2 Å². The van der Waals surface area contributed by atoms with E-state index in [0.29, 0.717) is 16.5 Å². The number of carboxylic acids is 1. The summed E-state index contributed by atoms with van der Waals surface area (Å²) in [6.07, 6.45) is 0. The molecule has 0 bridgehead atoms. The normalized spacial score (nSPS) is 11.0. The highest BCUT2D eigenvalue weighted by Gasteiger charge is 2.15. The molecule has 6 nitrogen and oxygen atoms in total. The molecule has 0 atom stereocenters. The van der Waals surface area contributed by atoms with Crippen molar-refractivity contribution in [1.82, 2.24) is 0 Å². The maximum atomic E-state index is 12.5. The molecule has 0 saturated heterocycles. The van der Waals surface area contributed by atoms with Crippen LogP contribution in [0.15, 0.2) is 77.7 Å². The number of nitrogens with one attached hydrogen (secondary N) is 1. The van der Waals surface area contributed by atoms with Crippen LogP contribution in [0.2, 0.25) is 5.02 Å². The van der Waals surface area contributed by atoms with Crippen molar-refractivity contribution in [1.29, 1.82) is 0 Å². The standard InChI is InChI=1S/C19H14ClNO5S/c20-17-3-1-2-4-18(17)26-15-9-11-16(12-10-15)27(24,25)21-14-7-5-13(6-8-14)19(22)23/h1-12,21H,(H,22,23). The second kappa shape index (κ2) is 7.69. The van der Waals surface area contributed by atoms with Crippen LogP contribution in [0, 0.1) is 0 Å². The number of anilines is 1. The first kappa shape index (κ1) is 18.8. The van der Waals surface area contributed by atoms with Gasteiger partial charge in [-0.2, -0.15) is 0 Å². The van der Waals surface area contributed by atoms with Gasteiger partial charge in [-0.1, -0.05) is 23.7 Å². The van der Waals surface area contributed by atoms with E-state index in [1.807, 2.05) is 0 Å². The molecule has 0 aliphatic rings. The lowest BCUT2D eigenvalue weighted by molar-refractivity contribution is 0.0697. The second-order valence-corrected chi connectivity index (χ2v) is 7.58. The number of carboxylic acid groups (broad SMARTS) is 1. The molecule has 8 heteroatoms. The Labute approximate surface area is 161 Å². The van der Waals surface area contributed by atoms with Crippen LogP contribution in [0.25, 0.3) is 0 Å². The van der Waals surface area contributed by atoms with Crippen LogP contribution in [0.3, 0.4) is 0 Å². The number of halogens is 1. The molecular weight excluding hydrogens is 390 g/mol. The summed E-state index contributed by atoms with van der Waals surface area (Å²) < 4.78 is 32.9. The second-order valence-electron chi connectivity index (χ2n) is 5.49. The molecule has 0 amide bonds. The average Bonchev–Trinajstić information content (AvgIpc) is 2.64. The molecule has 27 heavy (non-hydrogen) atoms. The van der Waals surface area contributed by atoms with E-state index in [0.717, 1.165) is 0 Å². The zero-order valence-corrected chi connectivity index (χ0v) is 15.4. The Kier molecular flexibility index (Phi) is 5.34. The van der Waals surface area contributed by atoms with Crippen molar-refractivity contribution < 1.29 is 23.1 Å². The minimum atomic E-state index is -3.82. The van der Waals surface area contributed by atoms with Gasteiger partial charge < -0.3 is 9.84 Å². The summed E-state index contributed by atoms with van der Waals surface area (Å²) in [5.41, 5.74) is 0.329. The van der Waals surface area contributed by atoms with Gasteiger partial charge >= 0.3 is 5.97 Å². The summed E-state index contributed by atoms with van der Waals surface area (Å²) in [6.45, 7) is 0. The maximum absolute atomic E-state index is 12.5. The van der Waals surface area contributed by atoms with Crippen LogP contribution >= 0.6 is 11.6 Å². The highest BCUT2D eigenvalue weighted by Crippen LogP contribution is 2.29. The minimum absolute atomic E-state index is 0.0383. The number of hydrogen-bond acceptors (Lipinski definition) is 4. The number of sulfonamides is 1. The molecule has 0 heterocycles. The van der Waals surface area contributed by atoms with Gasteiger partial charge in [0.05, 0.1) is 15.5 Å². The fraction of sp³-hybridized carbons (Fsp3) is 0. The van der Waals surface area contributed by atoms with E-state index < -0.39 is 16.0 Å². The lowest BCUT2D eigenvalue weighted by Crippen LogP contribution is -2.13. The van der Waals surface area contributed by atoms with Crippen LogP contribution < -0.4 is 9.46 Å². The number of carbonyl (C=O) groups is 1. The van der Waals surface area contributed by atoms with Gasteiger partial charge in [-0.25, -0.2) is 13.2 Å². The van der Waals surface area contributed by atoms with Gasteiger partial charge in [0.15, 0.2) is 0 Å². The zero-order chi connectivity index (χ0) is 19.4. The zero-order valence-electron chi connectivity index (χ0n) is 13.8. The molecule has 0 saturated carbocycles. The smallest absolute Gasteiger partial charge is 0.335 e. The summed E-state index contributed by atoms with van der Waals surface area (Å²) >= 11 is 6.03. The number of para-hydroxylation sites is 1. The molecule has 0 radical (unpaired) electrons. The third-order valence-electron chi connectivity index (χ3n) is 3.58. The molecule has 3 aromatic rings. The maximum Gasteiger partial charge on any atom is 0.335 e. The summed E-state index contributed by atoms with van der Waals surface area (Å²) in [6, 6.07) is 18.2. The van der Waals surface area contributed by atoms with Gasteiger partial charge in [0.1, 0.15) is 11.5 Å². The van der Waals surface area contributed by atoms with E-state index in [4.69, 9.17) is 21.4 Å². The average molecular weight is 404 g/mol. The molecule has 0 aliphatic heterocycles. The van der Waals surface area contributed by atoms with E-state index in [1.165, 1.54) is 48.5 Å². The molecular formula is C19H14ClNO5S. The van der Waals surface area contributed by atoms with Crippen molar-refractivity contribution in [2.24, 2.45) is 0 Å². The molecule has 0 fully saturated rings. The SMILES string of the molecule is O=C(O)c1ccc(NS(=O)(=O)c2ccc(Oc3ccccc3Cl)cc2)cc1. The van der Waals surface area contributed by atoms with Crippen molar-refractivity contribution in [3.8, 4) is 11.5 Å². The molecule has 0 unspecified atom stereocenters. The molecule has 3 rings (SSSR count). The van der Waals surface area contributed by atoms with Crippen LogP contribution in [-0.2, 0) is 10.0 Å². The van der Waals surface area contributed by atoms with Crippen molar-refractivity contribution in [2.45, 2.75) is 4.90 Å². The molecule has 0 aromatic heterocycles. The van der Waals surface area contributed by atoms with E-state index >= 15 is 0 Å². The van der Waals surface area contributed by atoms with Crippen molar-refractivity contribution in [3.63, 3.8) is 0 Å². The van der Waals surface area contributed by atoms with Gasteiger partial charge in [-0.3, -0.25) is 4.72 Å². The monoisotopic (exact) mass is 403 g/mol. The summed E-state index contributed by atoms with van der Waals surface area (Å²) in [5.74, 6) is -0.183. The molecule has 0 spiro atoms. The lowest BCUT2D eigenvalue weighted by Gasteiger charge is -2.10. The number of rotatable bonds is 6. The lowest BCUT2D eigenvalue weighted by atomic mass is 10.2. The van der Waals surface area contributed by atoms with E-state index in [2.05, 4.69) is 4.72 Å². The van der Waals surface area contributed by atoms with Crippen LogP contribution in [0.4, 0.5) is 5.69 Å². The Balaban J connectivity index is 1.75. The quantitative estimate of drug-likeness (QED) is 0.625. The van der Waals surface area contributed by atoms with Crippen LogP contribution in [0.1, 0.15) is 10.4 Å². The van der Waals surface area contributed by atoms with Crippen LogP contribution in [0.5, 0.6) is 11.5 Å². The first-order chi connectivity index (χ1) is 12.8. The Bertz CT molecular complexity index is 1060. The van der Waals surface area contributed by atoms with Gasteiger partial charge in [0, 0.05) is 5.69 Å². The van der Waals surface area contributed by atoms with Gasteiger partial charge in [0.2, 0.25) is 0 Å². The molecule has 138 valence electrons. The first-order valence-corrected chi connectivity index (χ1v) is 9.60. The summed E-state index contributed by atoms with van der Waals surface area (Å²) in [7, 11) is -3.82. The van der Waals surface area contributed by atoms with E-state index in [-0.39, 0.29) is 16.1 Å². The number of aromatic carboxylic acids is 1. The Morgan fingerprint density at radius 2 is 1.56 bits per heavy atom. The van der Waals surface area contributed by atoms with Crippen LogP contribution in [-0.4, -0.2) is 19.5 Å².